The average molecular weight is 213 g/mol. The van der Waals surface area contributed by atoms with Crippen LogP contribution in [0.25, 0.3) is 0 Å². The molecule has 0 unspecified atom stereocenters. The Hall–Kier alpha value is -1.30. The van der Waals surface area contributed by atoms with E-state index in [9.17, 15) is 4.79 Å². The highest BCUT2D eigenvalue weighted by Crippen LogP contribution is 2.09. The maximum atomic E-state index is 11.6. The normalized spacial score (nSPS) is 17.7. The highest BCUT2D eigenvalue weighted by Gasteiger charge is 2.15. The number of hydrogen-bond acceptors (Lipinski definition) is 3. The fourth-order valence-electron chi connectivity index (χ4n) is 1.62. The Balaban J connectivity index is 2.23. The molecule has 0 aromatic rings. The predicted octanol–water partition coefficient (Wildman–Crippen LogP) is -0.833. The van der Waals surface area contributed by atoms with Crippen molar-refractivity contribution in [1.82, 2.24) is 10.3 Å². The van der Waals surface area contributed by atoms with Crippen LogP contribution in [-0.4, -0.2) is 36.4 Å². The Bertz CT molecular complexity index is 235. The lowest BCUT2D eigenvalue weighted by molar-refractivity contribution is -0.131. The third kappa shape index (κ3) is 4.16. The number of nitrogens with one attached hydrogen (secondary N) is 1. The van der Waals surface area contributed by atoms with Gasteiger partial charge in [0.15, 0.2) is 0 Å². The molecule has 6 heteroatoms. The van der Waals surface area contributed by atoms with Crippen LogP contribution < -0.4 is 17.0 Å². The van der Waals surface area contributed by atoms with Crippen LogP contribution in [-0.2, 0) is 4.79 Å². The summed E-state index contributed by atoms with van der Waals surface area (Å²) in [7, 11) is 0. The van der Waals surface area contributed by atoms with Gasteiger partial charge in [-0.2, -0.15) is 0 Å². The highest BCUT2D eigenvalue weighted by atomic mass is 16.2. The summed E-state index contributed by atoms with van der Waals surface area (Å²) >= 11 is 0. The van der Waals surface area contributed by atoms with Crippen LogP contribution in [0, 0.1) is 0 Å². The molecule has 0 aliphatic carbocycles. The van der Waals surface area contributed by atoms with Crippen molar-refractivity contribution >= 4 is 11.9 Å². The van der Waals surface area contributed by atoms with E-state index < -0.39 is 0 Å². The Morgan fingerprint density at radius 1 is 1.33 bits per heavy atom. The molecule has 0 aromatic heterocycles. The molecule has 0 atom stereocenters. The molecular formula is C9H19N5O. The Labute approximate surface area is 89.7 Å². The maximum Gasteiger partial charge on any atom is 0.224 e. The third-order valence-corrected chi connectivity index (χ3v) is 2.46. The second-order valence-corrected chi connectivity index (χ2v) is 3.60. The largest absolute Gasteiger partial charge is 0.369 e. The van der Waals surface area contributed by atoms with Gasteiger partial charge in [0.1, 0.15) is 0 Å². The van der Waals surface area contributed by atoms with Gasteiger partial charge in [0.05, 0.1) is 6.54 Å². The van der Waals surface area contributed by atoms with Crippen LogP contribution in [0.3, 0.4) is 0 Å². The Kier molecular flexibility index (Phi) is 4.89. The van der Waals surface area contributed by atoms with Crippen LogP contribution in [0.2, 0.25) is 0 Å². The fraction of sp³-hybridized carbons (Fsp3) is 0.778. The van der Waals surface area contributed by atoms with Crippen molar-refractivity contribution < 1.29 is 4.79 Å². The lowest BCUT2D eigenvalue weighted by atomic mass is 10.1. The van der Waals surface area contributed by atoms with Crippen molar-refractivity contribution in [2.75, 3.05) is 19.6 Å². The van der Waals surface area contributed by atoms with Gasteiger partial charge >= 0.3 is 0 Å². The third-order valence-electron chi connectivity index (χ3n) is 2.46. The zero-order chi connectivity index (χ0) is 11.1. The summed E-state index contributed by atoms with van der Waals surface area (Å²) in [6, 6.07) is 0. The van der Waals surface area contributed by atoms with E-state index in [1.54, 1.807) is 0 Å². The number of aliphatic imine (C=N–C) groups is 1. The molecule has 1 saturated heterocycles. The number of carbonyl (C=O) groups excluding carboxylic acids is 1. The van der Waals surface area contributed by atoms with E-state index in [0.29, 0.717) is 13.0 Å². The van der Waals surface area contributed by atoms with E-state index in [1.165, 1.54) is 6.42 Å². The SMILES string of the molecule is NNC(N)=NCCC(=O)N1CCCCC1. The van der Waals surface area contributed by atoms with E-state index in [1.807, 2.05) is 4.90 Å². The Morgan fingerprint density at radius 3 is 2.60 bits per heavy atom. The average Bonchev–Trinajstić information content (AvgIpc) is 2.29. The number of piperidine rings is 1. The minimum atomic E-state index is 0.156. The van der Waals surface area contributed by atoms with Crippen molar-refractivity contribution in [2.24, 2.45) is 16.6 Å². The van der Waals surface area contributed by atoms with Gasteiger partial charge in [0.2, 0.25) is 11.9 Å². The van der Waals surface area contributed by atoms with E-state index in [2.05, 4.69) is 10.4 Å². The predicted molar refractivity (Wildman–Crippen MR) is 58.9 cm³/mol. The van der Waals surface area contributed by atoms with Crippen molar-refractivity contribution in [1.29, 1.82) is 0 Å². The number of nitrogens with zero attached hydrogens (tertiary/aromatic N) is 2. The Morgan fingerprint density at radius 2 is 2.00 bits per heavy atom. The van der Waals surface area contributed by atoms with Crippen LogP contribution >= 0.6 is 0 Å². The lowest BCUT2D eigenvalue weighted by Gasteiger charge is -2.26. The smallest absolute Gasteiger partial charge is 0.224 e. The lowest BCUT2D eigenvalue weighted by Crippen LogP contribution is -2.38. The van der Waals surface area contributed by atoms with Crippen molar-refractivity contribution in [3.8, 4) is 0 Å². The number of guanidine groups is 1. The van der Waals surface area contributed by atoms with E-state index in [-0.39, 0.29) is 11.9 Å². The molecule has 0 spiro atoms. The summed E-state index contributed by atoms with van der Waals surface area (Å²) in [4.78, 5) is 17.4. The topological polar surface area (TPSA) is 96.7 Å². The van der Waals surface area contributed by atoms with Crippen LogP contribution in [0.1, 0.15) is 25.7 Å². The first-order chi connectivity index (χ1) is 7.24. The molecule has 5 N–H and O–H groups in total. The van der Waals surface area contributed by atoms with E-state index in [0.717, 1.165) is 25.9 Å². The van der Waals surface area contributed by atoms with Gasteiger partial charge in [-0.3, -0.25) is 15.2 Å². The zero-order valence-electron chi connectivity index (χ0n) is 8.91. The van der Waals surface area contributed by atoms with Crippen molar-refractivity contribution in [3.63, 3.8) is 0 Å². The number of likely N-dealkylation sites (tertiary alicyclic amines) is 1. The molecule has 0 saturated carbocycles. The molecule has 1 aliphatic rings. The monoisotopic (exact) mass is 213 g/mol. The van der Waals surface area contributed by atoms with Crippen LogP contribution in [0.5, 0.6) is 0 Å². The van der Waals surface area contributed by atoms with Gasteiger partial charge in [-0.05, 0) is 19.3 Å². The number of hydrazine groups is 1. The van der Waals surface area contributed by atoms with Gasteiger partial charge < -0.3 is 10.6 Å². The number of carbonyl (C=O) groups is 1. The zero-order valence-corrected chi connectivity index (χ0v) is 8.91. The summed E-state index contributed by atoms with van der Waals surface area (Å²) in [5.41, 5.74) is 7.55. The number of nitrogens with two attached hydrogens (primary N) is 2. The number of hydrogen-bond donors (Lipinski definition) is 3. The van der Waals surface area contributed by atoms with Gasteiger partial charge in [0, 0.05) is 19.5 Å². The molecule has 1 rings (SSSR count). The van der Waals surface area contributed by atoms with Crippen LogP contribution in [0.15, 0.2) is 4.99 Å². The first kappa shape index (κ1) is 11.8. The second kappa shape index (κ2) is 6.23. The molecule has 1 heterocycles. The van der Waals surface area contributed by atoms with E-state index in [4.69, 9.17) is 11.6 Å². The second-order valence-electron chi connectivity index (χ2n) is 3.60. The van der Waals surface area contributed by atoms with Gasteiger partial charge in [0.25, 0.3) is 0 Å². The molecule has 15 heavy (non-hydrogen) atoms. The minimum absolute atomic E-state index is 0.156. The van der Waals surface area contributed by atoms with Gasteiger partial charge in [-0.1, -0.05) is 0 Å². The quantitative estimate of drug-likeness (QED) is 0.247. The molecule has 1 aliphatic heterocycles. The molecule has 86 valence electrons. The first-order valence-corrected chi connectivity index (χ1v) is 5.28. The summed E-state index contributed by atoms with van der Waals surface area (Å²) in [5.74, 6) is 5.35. The molecule has 0 bridgehead atoms. The summed E-state index contributed by atoms with van der Waals surface area (Å²) in [6.07, 6.45) is 3.86. The summed E-state index contributed by atoms with van der Waals surface area (Å²) in [5, 5.41) is 0. The summed E-state index contributed by atoms with van der Waals surface area (Å²) < 4.78 is 0. The summed E-state index contributed by atoms with van der Waals surface area (Å²) in [6.45, 7) is 2.16. The molecular weight excluding hydrogens is 194 g/mol. The standard InChI is InChI=1S/C9H19N5O/c10-9(13-11)12-5-4-8(15)14-6-2-1-3-7-14/h1-7,11H2,(H3,10,12,13). The highest BCUT2D eigenvalue weighted by molar-refractivity contribution is 5.79. The van der Waals surface area contributed by atoms with Crippen molar-refractivity contribution in [3.05, 3.63) is 0 Å². The molecule has 1 amide bonds. The van der Waals surface area contributed by atoms with Gasteiger partial charge in [-0.15, -0.1) is 0 Å². The number of amides is 1. The first-order valence-electron chi connectivity index (χ1n) is 5.28. The van der Waals surface area contributed by atoms with Crippen molar-refractivity contribution in [2.45, 2.75) is 25.7 Å². The van der Waals surface area contributed by atoms with Gasteiger partial charge in [-0.25, -0.2) is 5.84 Å². The number of rotatable bonds is 3. The molecule has 1 fully saturated rings. The van der Waals surface area contributed by atoms with E-state index >= 15 is 0 Å². The molecule has 0 aromatic carbocycles. The fourth-order valence-corrected chi connectivity index (χ4v) is 1.62. The molecule has 6 nitrogen and oxygen atoms in total. The van der Waals surface area contributed by atoms with Crippen LogP contribution in [0.4, 0.5) is 0 Å². The molecule has 0 radical (unpaired) electrons. The maximum absolute atomic E-state index is 11.6. The minimum Gasteiger partial charge on any atom is -0.369 e.